The molecule has 164 valence electrons. The van der Waals surface area contributed by atoms with E-state index in [1.807, 2.05) is 52.0 Å². The van der Waals surface area contributed by atoms with Crippen LogP contribution >= 0.6 is 0 Å². The molecule has 0 bridgehead atoms. The average molecular weight is 431 g/mol. The maximum atomic E-state index is 13.3. The third-order valence-electron chi connectivity index (χ3n) is 6.21. The van der Waals surface area contributed by atoms with Gasteiger partial charge < -0.3 is 10.2 Å². The molecule has 1 saturated heterocycles. The van der Waals surface area contributed by atoms with E-state index in [1.165, 1.54) is 0 Å². The van der Waals surface area contributed by atoms with E-state index in [4.69, 9.17) is 0 Å². The molecule has 32 heavy (non-hydrogen) atoms. The average Bonchev–Trinajstić information content (AvgIpc) is 3.61. The van der Waals surface area contributed by atoms with Crippen LogP contribution < -0.4 is 5.32 Å². The molecule has 1 saturated carbocycles. The lowest BCUT2D eigenvalue weighted by Gasteiger charge is -2.31. The van der Waals surface area contributed by atoms with Crippen molar-refractivity contribution in [2.45, 2.75) is 38.1 Å². The van der Waals surface area contributed by atoms with Crippen LogP contribution in [0.5, 0.6) is 0 Å². The van der Waals surface area contributed by atoms with E-state index >= 15 is 0 Å². The molecule has 2 aliphatic rings. The van der Waals surface area contributed by atoms with Gasteiger partial charge in [-0.25, -0.2) is 4.68 Å². The van der Waals surface area contributed by atoms with E-state index in [2.05, 4.69) is 20.6 Å². The quantitative estimate of drug-likeness (QED) is 0.649. The molecule has 1 N–H and O–H groups in total. The van der Waals surface area contributed by atoms with Gasteiger partial charge in [-0.15, -0.1) is 5.10 Å². The van der Waals surface area contributed by atoms with Gasteiger partial charge in [0.2, 0.25) is 5.91 Å². The summed E-state index contributed by atoms with van der Waals surface area (Å²) in [5.41, 5.74) is 3.26. The molecule has 8 heteroatoms. The monoisotopic (exact) mass is 430 g/mol. The Morgan fingerprint density at radius 3 is 2.47 bits per heavy atom. The van der Waals surface area contributed by atoms with E-state index in [9.17, 15) is 9.59 Å². The Labute approximate surface area is 186 Å². The first-order chi connectivity index (χ1) is 15.7. The summed E-state index contributed by atoms with van der Waals surface area (Å²) in [5.74, 6) is 0.205. The topological polar surface area (TPSA) is 93.0 Å². The summed E-state index contributed by atoms with van der Waals surface area (Å²) in [5, 5.41) is 11.6. The lowest BCUT2D eigenvalue weighted by molar-refractivity contribution is -0.126. The number of likely N-dealkylation sites (tertiary alicyclic amines) is 1. The van der Waals surface area contributed by atoms with Crippen molar-refractivity contribution in [3.8, 4) is 5.69 Å². The van der Waals surface area contributed by atoms with Gasteiger partial charge in [0.1, 0.15) is 0 Å². The second kappa shape index (κ2) is 8.90. The molecule has 3 heterocycles. The first-order valence-electron chi connectivity index (χ1n) is 11.2. The van der Waals surface area contributed by atoms with Gasteiger partial charge in [0.05, 0.1) is 11.4 Å². The molecule has 1 aliphatic heterocycles. The Morgan fingerprint density at radius 2 is 1.78 bits per heavy atom. The SMILES string of the molecule is O=C(NCc1cccnc1)C1CCN(C(=O)c2nnn(-c3ccccc3)c2C2CC2)CC1. The molecule has 3 aromatic rings. The lowest BCUT2D eigenvalue weighted by atomic mass is 9.95. The normalized spacial score (nSPS) is 16.7. The standard InChI is InChI=1S/C24H26N6O2/c31-23(26-16-17-5-4-12-25-15-17)19-10-13-29(14-11-19)24(32)21-22(18-8-9-18)30(28-27-21)20-6-2-1-3-7-20/h1-7,12,15,18-19H,8-11,13-14,16H2,(H,26,31). The van der Waals surface area contributed by atoms with Gasteiger partial charge in [0.15, 0.2) is 5.69 Å². The summed E-state index contributed by atoms with van der Waals surface area (Å²) in [7, 11) is 0. The summed E-state index contributed by atoms with van der Waals surface area (Å²) >= 11 is 0. The minimum absolute atomic E-state index is 0.0367. The van der Waals surface area contributed by atoms with Crippen molar-refractivity contribution in [1.29, 1.82) is 0 Å². The molecule has 1 aromatic carbocycles. The van der Waals surface area contributed by atoms with Crippen LogP contribution in [0.3, 0.4) is 0 Å². The van der Waals surface area contributed by atoms with Crippen molar-refractivity contribution in [2.75, 3.05) is 13.1 Å². The highest BCUT2D eigenvalue weighted by atomic mass is 16.2. The van der Waals surface area contributed by atoms with Crippen LogP contribution in [0.25, 0.3) is 5.69 Å². The van der Waals surface area contributed by atoms with E-state index in [0.29, 0.717) is 44.1 Å². The molecule has 1 aliphatic carbocycles. The van der Waals surface area contributed by atoms with E-state index < -0.39 is 0 Å². The zero-order valence-electron chi connectivity index (χ0n) is 17.9. The predicted molar refractivity (Wildman–Crippen MR) is 118 cm³/mol. The van der Waals surface area contributed by atoms with E-state index in [0.717, 1.165) is 29.8 Å². The third kappa shape index (κ3) is 4.26. The highest BCUT2D eigenvalue weighted by Crippen LogP contribution is 2.42. The van der Waals surface area contributed by atoms with Crippen LogP contribution in [0.2, 0.25) is 0 Å². The van der Waals surface area contributed by atoms with E-state index in [1.54, 1.807) is 12.4 Å². The van der Waals surface area contributed by atoms with Gasteiger partial charge in [0.25, 0.3) is 5.91 Å². The number of para-hydroxylation sites is 1. The highest BCUT2D eigenvalue weighted by molar-refractivity contribution is 5.94. The molecule has 0 unspecified atom stereocenters. The number of nitrogens with zero attached hydrogens (tertiary/aromatic N) is 5. The fourth-order valence-corrected chi connectivity index (χ4v) is 4.26. The number of hydrogen-bond donors (Lipinski definition) is 1. The number of benzene rings is 1. The van der Waals surface area contributed by atoms with Crippen LogP contribution in [0.15, 0.2) is 54.9 Å². The maximum absolute atomic E-state index is 13.3. The second-order valence-corrected chi connectivity index (χ2v) is 8.49. The minimum atomic E-state index is -0.0846. The molecule has 2 amide bonds. The zero-order chi connectivity index (χ0) is 21.9. The number of hydrogen-bond acceptors (Lipinski definition) is 5. The number of rotatable bonds is 6. The number of aromatic nitrogens is 4. The Balaban J connectivity index is 1.22. The Bertz CT molecular complexity index is 1090. The fourth-order valence-electron chi connectivity index (χ4n) is 4.26. The molecule has 0 atom stereocenters. The number of piperidine rings is 1. The maximum Gasteiger partial charge on any atom is 0.276 e. The minimum Gasteiger partial charge on any atom is -0.352 e. The number of nitrogens with one attached hydrogen (secondary N) is 1. The van der Waals surface area contributed by atoms with Crippen molar-refractivity contribution in [1.82, 2.24) is 30.2 Å². The Hall–Kier alpha value is -3.55. The molecule has 2 aromatic heterocycles. The fraction of sp³-hybridized carbons (Fsp3) is 0.375. The molecule has 0 radical (unpaired) electrons. The summed E-state index contributed by atoms with van der Waals surface area (Å²) in [6.07, 6.45) is 6.87. The Kier molecular flexibility index (Phi) is 5.66. The molecule has 0 spiro atoms. The smallest absolute Gasteiger partial charge is 0.276 e. The van der Waals surface area contributed by atoms with Crippen LogP contribution in [-0.2, 0) is 11.3 Å². The predicted octanol–water partition coefficient (Wildman–Crippen LogP) is 2.71. The summed E-state index contributed by atoms with van der Waals surface area (Å²) < 4.78 is 1.81. The largest absolute Gasteiger partial charge is 0.352 e. The van der Waals surface area contributed by atoms with E-state index in [-0.39, 0.29) is 17.7 Å². The van der Waals surface area contributed by atoms with Crippen LogP contribution in [0, 0.1) is 5.92 Å². The molecule has 5 rings (SSSR count). The molecule has 2 fully saturated rings. The summed E-state index contributed by atoms with van der Waals surface area (Å²) in [6, 6.07) is 13.6. The van der Waals surface area contributed by atoms with Gasteiger partial charge in [-0.1, -0.05) is 29.5 Å². The first kappa shape index (κ1) is 20.4. The molecular weight excluding hydrogens is 404 g/mol. The van der Waals surface area contributed by atoms with Crippen molar-refractivity contribution >= 4 is 11.8 Å². The van der Waals surface area contributed by atoms with Crippen LogP contribution in [0.1, 0.15) is 53.3 Å². The summed E-state index contributed by atoms with van der Waals surface area (Å²) in [4.78, 5) is 31.7. The number of carbonyl (C=O) groups is 2. The van der Waals surface area contributed by atoms with Gasteiger partial charge in [-0.2, -0.15) is 0 Å². The Morgan fingerprint density at radius 1 is 1.00 bits per heavy atom. The van der Waals surface area contributed by atoms with Crippen LogP contribution in [-0.4, -0.2) is 49.8 Å². The number of carbonyl (C=O) groups excluding carboxylic acids is 2. The number of pyridine rings is 1. The highest BCUT2D eigenvalue weighted by Gasteiger charge is 2.37. The van der Waals surface area contributed by atoms with Crippen molar-refractivity contribution in [2.24, 2.45) is 5.92 Å². The van der Waals surface area contributed by atoms with Crippen molar-refractivity contribution in [3.05, 3.63) is 71.8 Å². The third-order valence-corrected chi connectivity index (χ3v) is 6.21. The summed E-state index contributed by atoms with van der Waals surface area (Å²) in [6.45, 7) is 1.57. The van der Waals surface area contributed by atoms with Gasteiger partial charge >= 0.3 is 0 Å². The first-order valence-corrected chi connectivity index (χ1v) is 11.2. The van der Waals surface area contributed by atoms with Gasteiger partial charge in [0, 0.05) is 43.9 Å². The van der Waals surface area contributed by atoms with Gasteiger partial charge in [-0.3, -0.25) is 14.6 Å². The molecular formula is C24H26N6O2. The van der Waals surface area contributed by atoms with Crippen molar-refractivity contribution in [3.63, 3.8) is 0 Å². The zero-order valence-corrected chi connectivity index (χ0v) is 17.9. The number of amides is 2. The van der Waals surface area contributed by atoms with Crippen LogP contribution in [0.4, 0.5) is 0 Å². The van der Waals surface area contributed by atoms with Crippen molar-refractivity contribution < 1.29 is 9.59 Å². The van der Waals surface area contributed by atoms with Gasteiger partial charge in [-0.05, 0) is 49.4 Å². The lowest BCUT2D eigenvalue weighted by Crippen LogP contribution is -2.43. The second-order valence-electron chi connectivity index (χ2n) is 8.49. The molecule has 8 nitrogen and oxygen atoms in total.